The Bertz CT molecular complexity index is 413. The zero-order chi connectivity index (χ0) is 13.8. The van der Waals surface area contributed by atoms with E-state index in [0.29, 0.717) is 6.04 Å². The predicted octanol–water partition coefficient (Wildman–Crippen LogP) is 2.81. The van der Waals surface area contributed by atoms with Crippen LogP contribution in [0.3, 0.4) is 0 Å². The molecule has 1 aromatic carbocycles. The number of hydrogen-bond donors (Lipinski definition) is 1. The van der Waals surface area contributed by atoms with Crippen LogP contribution in [0, 0.1) is 5.82 Å². The molecular weight excluding hydrogens is 257 g/mol. The summed E-state index contributed by atoms with van der Waals surface area (Å²) in [6.07, 6.45) is 4.65. The van der Waals surface area contributed by atoms with Crippen LogP contribution < -0.4 is 5.32 Å². The van der Waals surface area contributed by atoms with Crippen LogP contribution >= 0.6 is 0 Å². The SMILES string of the molecule is Fc1ccc(C(CNC2CC2)OC2CCOCC2)cc1. The Morgan fingerprint density at radius 3 is 2.50 bits per heavy atom. The van der Waals surface area contributed by atoms with E-state index in [4.69, 9.17) is 9.47 Å². The molecule has 3 rings (SSSR count). The van der Waals surface area contributed by atoms with Crippen molar-refractivity contribution < 1.29 is 13.9 Å². The van der Waals surface area contributed by atoms with Crippen molar-refractivity contribution in [2.45, 2.75) is 43.9 Å². The topological polar surface area (TPSA) is 30.5 Å². The van der Waals surface area contributed by atoms with Crippen molar-refractivity contribution >= 4 is 0 Å². The maximum atomic E-state index is 13.1. The molecule has 3 nitrogen and oxygen atoms in total. The molecule has 1 heterocycles. The van der Waals surface area contributed by atoms with E-state index in [1.54, 1.807) is 0 Å². The number of ether oxygens (including phenoxy) is 2. The summed E-state index contributed by atoms with van der Waals surface area (Å²) in [5.41, 5.74) is 1.05. The van der Waals surface area contributed by atoms with E-state index in [0.717, 1.165) is 38.2 Å². The fraction of sp³-hybridized carbons (Fsp3) is 0.625. The molecular formula is C16H22FNO2. The molecule has 0 amide bonds. The van der Waals surface area contributed by atoms with Crippen molar-refractivity contribution in [1.82, 2.24) is 5.32 Å². The molecule has 1 unspecified atom stereocenters. The van der Waals surface area contributed by atoms with Crippen LogP contribution in [-0.2, 0) is 9.47 Å². The summed E-state index contributed by atoms with van der Waals surface area (Å²) in [6.45, 7) is 2.35. The summed E-state index contributed by atoms with van der Waals surface area (Å²) >= 11 is 0. The van der Waals surface area contributed by atoms with Crippen molar-refractivity contribution in [3.05, 3.63) is 35.6 Å². The highest BCUT2D eigenvalue weighted by Crippen LogP contribution is 2.25. The van der Waals surface area contributed by atoms with Gasteiger partial charge in [-0.15, -0.1) is 0 Å². The fourth-order valence-corrected chi connectivity index (χ4v) is 2.53. The van der Waals surface area contributed by atoms with Gasteiger partial charge in [-0.2, -0.15) is 0 Å². The number of halogens is 1. The molecule has 4 heteroatoms. The molecule has 0 spiro atoms. The van der Waals surface area contributed by atoms with Crippen LogP contribution in [0.4, 0.5) is 4.39 Å². The molecule has 1 saturated carbocycles. The number of benzene rings is 1. The van der Waals surface area contributed by atoms with Gasteiger partial charge in [0.05, 0.1) is 12.2 Å². The third-order valence-corrected chi connectivity index (χ3v) is 3.94. The molecule has 1 atom stereocenters. The third-order valence-electron chi connectivity index (χ3n) is 3.94. The van der Waals surface area contributed by atoms with Gasteiger partial charge in [0.1, 0.15) is 5.82 Å². The Hall–Kier alpha value is -0.970. The smallest absolute Gasteiger partial charge is 0.123 e. The van der Waals surface area contributed by atoms with Gasteiger partial charge >= 0.3 is 0 Å². The van der Waals surface area contributed by atoms with Gasteiger partial charge in [-0.25, -0.2) is 4.39 Å². The molecule has 1 N–H and O–H groups in total. The maximum Gasteiger partial charge on any atom is 0.123 e. The Kier molecular flexibility index (Phi) is 4.65. The summed E-state index contributed by atoms with van der Waals surface area (Å²) < 4.78 is 24.7. The molecule has 1 aliphatic carbocycles. The maximum absolute atomic E-state index is 13.1. The first-order valence-corrected chi connectivity index (χ1v) is 7.53. The number of rotatable bonds is 6. The lowest BCUT2D eigenvalue weighted by Gasteiger charge is -2.28. The van der Waals surface area contributed by atoms with Crippen LogP contribution in [0.25, 0.3) is 0 Å². The van der Waals surface area contributed by atoms with E-state index in [1.807, 2.05) is 12.1 Å². The largest absolute Gasteiger partial charge is 0.381 e. The Morgan fingerprint density at radius 2 is 1.85 bits per heavy atom. The van der Waals surface area contributed by atoms with Gasteiger partial charge in [0.25, 0.3) is 0 Å². The van der Waals surface area contributed by atoms with Crippen molar-refractivity contribution in [3.63, 3.8) is 0 Å². The standard InChI is InChI=1S/C16H22FNO2/c17-13-3-1-12(2-4-13)16(11-18-14-5-6-14)20-15-7-9-19-10-8-15/h1-4,14-16,18H,5-11H2. The van der Waals surface area contributed by atoms with Gasteiger partial charge in [0.15, 0.2) is 0 Å². The van der Waals surface area contributed by atoms with Gasteiger partial charge in [0, 0.05) is 25.8 Å². The van der Waals surface area contributed by atoms with E-state index in [1.165, 1.54) is 25.0 Å². The minimum Gasteiger partial charge on any atom is -0.381 e. The van der Waals surface area contributed by atoms with Crippen LogP contribution in [0.5, 0.6) is 0 Å². The average molecular weight is 279 g/mol. The first kappa shape index (κ1) is 14.0. The van der Waals surface area contributed by atoms with Crippen molar-refractivity contribution in [2.75, 3.05) is 19.8 Å². The van der Waals surface area contributed by atoms with Crippen molar-refractivity contribution in [3.8, 4) is 0 Å². The zero-order valence-electron chi connectivity index (χ0n) is 11.7. The summed E-state index contributed by atoms with van der Waals surface area (Å²) in [5.74, 6) is -0.200. The summed E-state index contributed by atoms with van der Waals surface area (Å²) in [4.78, 5) is 0. The highest BCUT2D eigenvalue weighted by Gasteiger charge is 2.25. The molecule has 1 aromatic rings. The quantitative estimate of drug-likeness (QED) is 0.868. The normalized spacial score (nSPS) is 21.9. The van der Waals surface area contributed by atoms with E-state index in [2.05, 4.69) is 5.32 Å². The molecule has 110 valence electrons. The number of hydrogen-bond acceptors (Lipinski definition) is 3. The molecule has 1 saturated heterocycles. The monoisotopic (exact) mass is 279 g/mol. The van der Waals surface area contributed by atoms with E-state index >= 15 is 0 Å². The molecule has 0 bridgehead atoms. The second-order valence-corrected chi connectivity index (χ2v) is 5.67. The zero-order valence-corrected chi connectivity index (χ0v) is 11.7. The van der Waals surface area contributed by atoms with Crippen LogP contribution in [0.2, 0.25) is 0 Å². The van der Waals surface area contributed by atoms with Crippen LogP contribution in [0.1, 0.15) is 37.4 Å². The molecule has 1 aliphatic heterocycles. The van der Waals surface area contributed by atoms with Gasteiger partial charge in [-0.1, -0.05) is 12.1 Å². The van der Waals surface area contributed by atoms with E-state index in [-0.39, 0.29) is 18.0 Å². The lowest BCUT2D eigenvalue weighted by Crippen LogP contribution is -2.31. The minimum absolute atomic E-state index is 0.000648. The van der Waals surface area contributed by atoms with E-state index < -0.39 is 0 Å². The lowest BCUT2D eigenvalue weighted by molar-refractivity contribution is -0.0690. The van der Waals surface area contributed by atoms with E-state index in [9.17, 15) is 4.39 Å². The average Bonchev–Trinajstić information content (AvgIpc) is 3.30. The lowest BCUT2D eigenvalue weighted by atomic mass is 10.1. The fourth-order valence-electron chi connectivity index (χ4n) is 2.53. The van der Waals surface area contributed by atoms with Gasteiger partial charge in [-0.05, 0) is 43.4 Å². The highest BCUT2D eigenvalue weighted by molar-refractivity contribution is 5.19. The minimum atomic E-state index is -0.200. The Balaban J connectivity index is 1.63. The molecule has 2 aliphatic rings. The molecule has 20 heavy (non-hydrogen) atoms. The van der Waals surface area contributed by atoms with Crippen molar-refractivity contribution in [2.24, 2.45) is 0 Å². The third kappa shape index (κ3) is 4.01. The number of nitrogens with one attached hydrogen (secondary N) is 1. The van der Waals surface area contributed by atoms with Gasteiger partial charge < -0.3 is 14.8 Å². The Labute approximate surface area is 119 Å². The summed E-state index contributed by atoms with van der Waals surface area (Å²) in [5, 5.41) is 3.51. The summed E-state index contributed by atoms with van der Waals surface area (Å²) in [6, 6.07) is 7.32. The second-order valence-electron chi connectivity index (χ2n) is 5.67. The van der Waals surface area contributed by atoms with Gasteiger partial charge in [-0.3, -0.25) is 0 Å². The second kappa shape index (κ2) is 6.66. The van der Waals surface area contributed by atoms with Crippen molar-refractivity contribution in [1.29, 1.82) is 0 Å². The summed E-state index contributed by atoms with van der Waals surface area (Å²) in [7, 11) is 0. The predicted molar refractivity (Wildman–Crippen MR) is 75.1 cm³/mol. The first-order valence-electron chi connectivity index (χ1n) is 7.53. The van der Waals surface area contributed by atoms with Crippen LogP contribution in [-0.4, -0.2) is 31.9 Å². The molecule has 0 aromatic heterocycles. The van der Waals surface area contributed by atoms with Gasteiger partial charge in [0.2, 0.25) is 0 Å². The van der Waals surface area contributed by atoms with Crippen LogP contribution in [0.15, 0.2) is 24.3 Å². The molecule has 2 fully saturated rings. The Morgan fingerprint density at radius 1 is 1.15 bits per heavy atom. The highest BCUT2D eigenvalue weighted by atomic mass is 19.1. The first-order chi connectivity index (χ1) is 9.81. The molecule has 0 radical (unpaired) electrons.